The van der Waals surface area contributed by atoms with Crippen molar-refractivity contribution in [1.82, 2.24) is 0 Å². The van der Waals surface area contributed by atoms with Gasteiger partial charge in [-0.15, -0.1) is 0 Å². The van der Waals surface area contributed by atoms with Gasteiger partial charge in [-0.1, -0.05) is 18.2 Å². The average Bonchev–Trinajstić information content (AvgIpc) is 2.47. The number of hydrogen-bond acceptors (Lipinski definition) is 4. The van der Waals surface area contributed by atoms with Gasteiger partial charge in [-0.2, -0.15) is 0 Å². The van der Waals surface area contributed by atoms with Crippen molar-refractivity contribution in [3.05, 3.63) is 59.7 Å². The molecule has 0 radical (unpaired) electrons. The maximum atomic E-state index is 11.4. The van der Waals surface area contributed by atoms with Crippen LogP contribution in [0.5, 0.6) is 0 Å². The van der Waals surface area contributed by atoms with Gasteiger partial charge in [-0.3, -0.25) is 0 Å². The minimum atomic E-state index is -0.345. The van der Waals surface area contributed by atoms with Crippen LogP contribution in [0.15, 0.2) is 48.5 Å². The van der Waals surface area contributed by atoms with Gasteiger partial charge < -0.3 is 15.8 Å². The normalized spacial score (nSPS) is 10.0. The molecule has 0 aromatic heterocycles. The first-order valence-corrected chi connectivity index (χ1v) is 5.97. The fourth-order valence-corrected chi connectivity index (χ4v) is 1.73. The molecule has 2 aromatic rings. The molecule has 0 saturated heterocycles. The van der Waals surface area contributed by atoms with Crippen LogP contribution in [0.25, 0.3) is 0 Å². The molecule has 0 atom stereocenters. The number of rotatable bonds is 4. The van der Waals surface area contributed by atoms with E-state index in [1.54, 1.807) is 12.1 Å². The highest BCUT2D eigenvalue weighted by molar-refractivity contribution is 5.90. The van der Waals surface area contributed by atoms with Gasteiger partial charge in [0, 0.05) is 17.9 Å². The molecular formula is C15H16N2O2. The van der Waals surface area contributed by atoms with Crippen LogP contribution in [0, 0.1) is 0 Å². The minimum Gasteiger partial charge on any atom is -0.465 e. The Morgan fingerprint density at radius 3 is 2.53 bits per heavy atom. The predicted octanol–water partition coefficient (Wildman–Crippen LogP) is 2.68. The van der Waals surface area contributed by atoms with Crippen molar-refractivity contribution in [1.29, 1.82) is 0 Å². The summed E-state index contributed by atoms with van der Waals surface area (Å²) in [6.45, 7) is 0.526. The molecule has 0 amide bonds. The van der Waals surface area contributed by atoms with Crippen LogP contribution in [0.2, 0.25) is 0 Å². The van der Waals surface area contributed by atoms with Crippen LogP contribution >= 0.6 is 0 Å². The smallest absolute Gasteiger partial charge is 0.337 e. The summed E-state index contributed by atoms with van der Waals surface area (Å²) < 4.78 is 4.69. The average molecular weight is 256 g/mol. The third-order valence-electron chi connectivity index (χ3n) is 2.76. The first kappa shape index (κ1) is 13.1. The second-order valence-electron chi connectivity index (χ2n) is 4.10. The molecule has 0 aliphatic carbocycles. The summed E-state index contributed by atoms with van der Waals surface area (Å²) in [4.78, 5) is 11.4. The molecule has 19 heavy (non-hydrogen) atoms. The van der Waals surface area contributed by atoms with Crippen molar-refractivity contribution < 1.29 is 9.53 Å². The summed E-state index contributed by atoms with van der Waals surface area (Å²) in [7, 11) is 1.37. The molecule has 4 nitrogen and oxygen atoms in total. The number of hydrogen-bond donors (Lipinski definition) is 2. The highest BCUT2D eigenvalue weighted by atomic mass is 16.5. The first-order chi connectivity index (χ1) is 9.22. The summed E-state index contributed by atoms with van der Waals surface area (Å²) in [5, 5.41) is 3.23. The lowest BCUT2D eigenvalue weighted by Crippen LogP contribution is -2.01. The zero-order valence-electron chi connectivity index (χ0n) is 10.7. The van der Waals surface area contributed by atoms with Gasteiger partial charge in [-0.25, -0.2) is 4.79 Å². The zero-order chi connectivity index (χ0) is 13.7. The molecule has 0 saturated carbocycles. The third-order valence-corrected chi connectivity index (χ3v) is 2.76. The third kappa shape index (κ3) is 3.33. The Kier molecular flexibility index (Phi) is 4.15. The number of carbonyl (C=O) groups excluding carboxylic acids is 1. The number of ether oxygens (including phenoxy) is 1. The van der Waals surface area contributed by atoms with Gasteiger partial charge in [0.05, 0.1) is 12.7 Å². The van der Waals surface area contributed by atoms with Gasteiger partial charge >= 0.3 is 5.97 Å². The van der Waals surface area contributed by atoms with Gasteiger partial charge in [0.25, 0.3) is 0 Å². The fraction of sp³-hybridized carbons (Fsp3) is 0.133. The van der Waals surface area contributed by atoms with Crippen molar-refractivity contribution in [3.63, 3.8) is 0 Å². The van der Waals surface area contributed by atoms with E-state index in [1.165, 1.54) is 7.11 Å². The summed E-state index contributed by atoms with van der Waals surface area (Å²) in [6.07, 6.45) is 0. The van der Waals surface area contributed by atoms with Crippen molar-refractivity contribution in [2.45, 2.75) is 6.54 Å². The topological polar surface area (TPSA) is 64.3 Å². The van der Waals surface area contributed by atoms with Crippen molar-refractivity contribution in [2.24, 2.45) is 5.73 Å². The summed E-state index contributed by atoms with van der Waals surface area (Å²) >= 11 is 0. The molecule has 0 heterocycles. The van der Waals surface area contributed by atoms with Crippen molar-refractivity contribution >= 4 is 17.3 Å². The maximum Gasteiger partial charge on any atom is 0.337 e. The number of nitrogens with one attached hydrogen (secondary N) is 1. The standard InChI is InChI=1S/C15H16N2O2/c1-19-15(18)12-3-2-4-14(9-12)17-13-7-5-11(10-16)6-8-13/h2-9,17H,10,16H2,1H3. The van der Waals surface area contributed by atoms with E-state index in [2.05, 4.69) is 5.32 Å². The maximum absolute atomic E-state index is 11.4. The largest absolute Gasteiger partial charge is 0.465 e. The quantitative estimate of drug-likeness (QED) is 0.825. The Morgan fingerprint density at radius 1 is 1.16 bits per heavy atom. The lowest BCUT2D eigenvalue weighted by Gasteiger charge is -2.08. The van der Waals surface area contributed by atoms with Gasteiger partial charge in [0.2, 0.25) is 0 Å². The van der Waals surface area contributed by atoms with E-state index in [1.807, 2.05) is 36.4 Å². The number of benzene rings is 2. The van der Waals surface area contributed by atoms with E-state index in [0.29, 0.717) is 12.1 Å². The van der Waals surface area contributed by atoms with E-state index >= 15 is 0 Å². The van der Waals surface area contributed by atoms with E-state index in [-0.39, 0.29) is 5.97 Å². The number of anilines is 2. The Bertz CT molecular complexity index is 565. The van der Waals surface area contributed by atoms with E-state index in [9.17, 15) is 4.79 Å². The van der Waals surface area contributed by atoms with Crippen LogP contribution in [-0.2, 0) is 11.3 Å². The molecule has 0 aliphatic heterocycles. The van der Waals surface area contributed by atoms with Gasteiger partial charge in [-0.05, 0) is 35.9 Å². The van der Waals surface area contributed by atoms with Crippen LogP contribution in [0.3, 0.4) is 0 Å². The molecule has 3 N–H and O–H groups in total. The fourth-order valence-electron chi connectivity index (χ4n) is 1.73. The number of esters is 1. The van der Waals surface area contributed by atoms with Gasteiger partial charge in [0.15, 0.2) is 0 Å². The molecular weight excluding hydrogens is 240 g/mol. The van der Waals surface area contributed by atoms with Crippen LogP contribution in [0.1, 0.15) is 15.9 Å². The molecule has 4 heteroatoms. The molecule has 98 valence electrons. The lowest BCUT2D eigenvalue weighted by atomic mass is 10.1. The Morgan fingerprint density at radius 2 is 1.89 bits per heavy atom. The van der Waals surface area contributed by atoms with Gasteiger partial charge in [0.1, 0.15) is 0 Å². The highest BCUT2D eigenvalue weighted by Gasteiger charge is 2.05. The minimum absolute atomic E-state index is 0.345. The van der Waals surface area contributed by atoms with Crippen LogP contribution < -0.4 is 11.1 Å². The van der Waals surface area contributed by atoms with E-state index in [4.69, 9.17) is 10.5 Å². The predicted molar refractivity (Wildman–Crippen MR) is 75.4 cm³/mol. The summed E-state index contributed by atoms with van der Waals surface area (Å²) in [5.74, 6) is -0.345. The van der Waals surface area contributed by atoms with Crippen LogP contribution in [-0.4, -0.2) is 13.1 Å². The molecule has 0 bridgehead atoms. The molecule has 0 fully saturated rings. The first-order valence-electron chi connectivity index (χ1n) is 5.97. The lowest BCUT2D eigenvalue weighted by molar-refractivity contribution is 0.0601. The van der Waals surface area contributed by atoms with E-state index in [0.717, 1.165) is 16.9 Å². The highest BCUT2D eigenvalue weighted by Crippen LogP contribution is 2.18. The van der Waals surface area contributed by atoms with Crippen LogP contribution in [0.4, 0.5) is 11.4 Å². The number of nitrogens with two attached hydrogens (primary N) is 1. The number of carbonyl (C=O) groups is 1. The summed E-state index contributed by atoms with van der Waals surface area (Å²) in [5.41, 5.74) is 8.93. The second kappa shape index (κ2) is 6.02. The molecule has 0 aliphatic rings. The van der Waals surface area contributed by atoms with Crippen molar-refractivity contribution in [3.8, 4) is 0 Å². The Balaban J connectivity index is 2.16. The van der Waals surface area contributed by atoms with E-state index < -0.39 is 0 Å². The Labute approximate surface area is 112 Å². The second-order valence-corrected chi connectivity index (χ2v) is 4.10. The zero-order valence-corrected chi connectivity index (χ0v) is 10.7. The summed E-state index contributed by atoms with van der Waals surface area (Å²) in [6, 6.07) is 15.0. The SMILES string of the molecule is COC(=O)c1cccc(Nc2ccc(CN)cc2)c1. The molecule has 0 unspecified atom stereocenters. The molecule has 2 rings (SSSR count). The number of methoxy groups -OCH3 is 1. The monoisotopic (exact) mass is 256 g/mol. The molecule has 2 aromatic carbocycles. The van der Waals surface area contributed by atoms with Crippen molar-refractivity contribution in [2.75, 3.05) is 12.4 Å². The molecule has 0 spiro atoms. The Hall–Kier alpha value is -2.33.